The highest BCUT2D eigenvalue weighted by Gasteiger charge is 2.31. The van der Waals surface area contributed by atoms with Gasteiger partial charge in [0.15, 0.2) is 11.5 Å². The highest BCUT2D eigenvalue weighted by Crippen LogP contribution is 2.36. The van der Waals surface area contributed by atoms with E-state index in [0.717, 1.165) is 19.4 Å². The van der Waals surface area contributed by atoms with Gasteiger partial charge >= 0.3 is 0 Å². The van der Waals surface area contributed by atoms with E-state index in [1.807, 2.05) is 16.3 Å². The van der Waals surface area contributed by atoms with Crippen LogP contribution in [0.5, 0.6) is 11.5 Å². The third-order valence-corrected chi connectivity index (χ3v) is 7.95. The maximum Gasteiger partial charge on any atom is 0.262 e. The molecule has 9 heteroatoms. The molecule has 1 atom stereocenters. The minimum absolute atomic E-state index is 0.0397. The zero-order valence-corrected chi connectivity index (χ0v) is 18.8. The SMILES string of the molecule is O=C(c1ccc(NS(=O)(=O)c2ccc3c(c2)OCCO3)cc1)N1CCCC1c1cccs1. The molecule has 1 unspecified atom stereocenters. The molecule has 3 heterocycles. The van der Waals surface area contributed by atoms with Crippen LogP contribution in [0.4, 0.5) is 5.69 Å². The normalized spacial score (nSPS) is 17.9. The number of thiophene rings is 1. The van der Waals surface area contributed by atoms with Crippen LogP contribution in [0.3, 0.4) is 0 Å². The summed E-state index contributed by atoms with van der Waals surface area (Å²) in [6.45, 7) is 1.54. The molecule has 1 aromatic heterocycles. The Morgan fingerprint density at radius 1 is 1.03 bits per heavy atom. The second-order valence-electron chi connectivity index (χ2n) is 7.66. The number of carbonyl (C=O) groups is 1. The largest absolute Gasteiger partial charge is 0.486 e. The molecule has 2 aliphatic rings. The minimum atomic E-state index is -3.81. The van der Waals surface area contributed by atoms with E-state index in [1.165, 1.54) is 17.0 Å². The lowest BCUT2D eigenvalue weighted by atomic mass is 10.1. The van der Waals surface area contributed by atoms with Crippen LogP contribution in [-0.4, -0.2) is 39.0 Å². The first-order chi connectivity index (χ1) is 15.5. The van der Waals surface area contributed by atoms with Crippen molar-refractivity contribution in [1.29, 1.82) is 0 Å². The fraction of sp³-hybridized carbons (Fsp3) is 0.261. The molecule has 32 heavy (non-hydrogen) atoms. The predicted molar refractivity (Wildman–Crippen MR) is 122 cm³/mol. The van der Waals surface area contributed by atoms with E-state index in [0.29, 0.717) is 36.0 Å². The first-order valence-electron chi connectivity index (χ1n) is 10.4. The number of fused-ring (bicyclic) bond motifs is 1. The molecule has 1 N–H and O–H groups in total. The standard InChI is InChI=1S/C23H22N2O5S2/c26-23(25-11-1-3-19(25)22-4-2-14-31-22)16-5-7-17(8-6-16)24-32(27,28)18-9-10-20-21(15-18)30-13-12-29-20/h2,4-10,14-15,19,24H,1,3,11-13H2. The van der Waals surface area contributed by atoms with Crippen LogP contribution in [0.1, 0.15) is 34.1 Å². The molecule has 0 aliphatic carbocycles. The summed E-state index contributed by atoms with van der Waals surface area (Å²) < 4.78 is 39.1. The molecule has 5 rings (SSSR count). The monoisotopic (exact) mass is 470 g/mol. The highest BCUT2D eigenvalue weighted by molar-refractivity contribution is 7.92. The van der Waals surface area contributed by atoms with Crippen LogP contribution in [0, 0.1) is 0 Å². The van der Waals surface area contributed by atoms with Gasteiger partial charge in [0.1, 0.15) is 13.2 Å². The number of amides is 1. The topological polar surface area (TPSA) is 84.9 Å². The Morgan fingerprint density at radius 2 is 1.81 bits per heavy atom. The summed E-state index contributed by atoms with van der Waals surface area (Å²) >= 11 is 1.66. The minimum Gasteiger partial charge on any atom is -0.486 e. The average Bonchev–Trinajstić information content (AvgIpc) is 3.50. The smallest absolute Gasteiger partial charge is 0.262 e. The Hall–Kier alpha value is -3.04. The molecule has 3 aromatic rings. The fourth-order valence-corrected chi connectivity index (χ4v) is 5.99. The lowest BCUT2D eigenvalue weighted by molar-refractivity contribution is 0.0738. The second kappa shape index (κ2) is 8.48. The number of likely N-dealkylation sites (tertiary alicyclic amines) is 1. The number of hydrogen-bond acceptors (Lipinski definition) is 6. The number of sulfonamides is 1. The first-order valence-corrected chi connectivity index (χ1v) is 12.7. The lowest BCUT2D eigenvalue weighted by Gasteiger charge is -2.24. The summed E-state index contributed by atoms with van der Waals surface area (Å²) in [6, 6.07) is 15.2. The van der Waals surface area contributed by atoms with E-state index in [2.05, 4.69) is 10.8 Å². The van der Waals surface area contributed by atoms with Crippen LogP contribution in [0.15, 0.2) is 64.9 Å². The van der Waals surface area contributed by atoms with Gasteiger partial charge in [0.2, 0.25) is 0 Å². The van der Waals surface area contributed by atoms with Gasteiger partial charge in [0.25, 0.3) is 15.9 Å². The van der Waals surface area contributed by atoms with Crippen molar-refractivity contribution in [3.8, 4) is 11.5 Å². The summed E-state index contributed by atoms with van der Waals surface area (Å²) in [5.74, 6) is 0.897. The maximum atomic E-state index is 13.1. The van der Waals surface area contributed by atoms with E-state index in [9.17, 15) is 13.2 Å². The van der Waals surface area contributed by atoms with Crippen molar-refractivity contribution in [2.24, 2.45) is 0 Å². The summed E-state index contributed by atoms with van der Waals surface area (Å²) in [5, 5.41) is 2.03. The Labute approximate surface area is 190 Å². The van der Waals surface area contributed by atoms with E-state index >= 15 is 0 Å². The number of rotatable bonds is 5. The van der Waals surface area contributed by atoms with Crippen LogP contribution in [0.2, 0.25) is 0 Å². The van der Waals surface area contributed by atoms with Crippen molar-refractivity contribution in [3.63, 3.8) is 0 Å². The number of nitrogens with one attached hydrogen (secondary N) is 1. The van der Waals surface area contributed by atoms with E-state index < -0.39 is 10.0 Å². The molecule has 2 aromatic carbocycles. The predicted octanol–water partition coefficient (Wildman–Crippen LogP) is 4.30. The van der Waals surface area contributed by atoms with Gasteiger partial charge in [0.05, 0.1) is 10.9 Å². The van der Waals surface area contributed by atoms with Crippen molar-refractivity contribution in [1.82, 2.24) is 4.90 Å². The van der Waals surface area contributed by atoms with Crippen LogP contribution in [0.25, 0.3) is 0 Å². The van der Waals surface area contributed by atoms with Gasteiger partial charge in [-0.15, -0.1) is 11.3 Å². The quantitative estimate of drug-likeness (QED) is 0.601. The lowest BCUT2D eigenvalue weighted by Crippen LogP contribution is -2.30. The van der Waals surface area contributed by atoms with E-state index in [4.69, 9.17) is 9.47 Å². The number of hydrogen-bond donors (Lipinski definition) is 1. The fourth-order valence-electron chi connectivity index (χ4n) is 4.04. The van der Waals surface area contributed by atoms with Gasteiger partial charge in [-0.2, -0.15) is 0 Å². The van der Waals surface area contributed by atoms with Crippen molar-refractivity contribution in [2.75, 3.05) is 24.5 Å². The van der Waals surface area contributed by atoms with E-state index in [1.54, 1.807) is 41.7 Å². The summed E-state index contributed by atoms with van der Waals surface area (Å²) in [4.78, 5) is 16.3. The van der Waals surface area contributed by atoms with Crippen molar-refractivity contribution >= 4 is 33.0 Å². The van der Waals surface area contributed by atoms with Gasteiger partial charge < -0.3 is 14.4 Å². The Balaban J connectivity index is 1.31. The molecule has 0 bridgehead atoms. The average molecular weight is 471 g/mol. The number of nitrogens with zero attached hydrogens (tertiary/aromatic N) is 1. The first kappa shape index (κ1) is 20.8. The van der Waals surface area contributed by atoms with Gasteiger partial charge in [-0.1, -0.05) is 6.07 Å². The number of benzene rings is 2. The van der Waals surface area contributed by atoms with Crippen molar-refractivity contribution in [3.05, 3.63) is 70.4 Å². The maximum absolute atomic E-state index is 13.1. The number of carbonyl (C=O) groups excluding carboxylic acids is 1. The molecule has 1 saturated heterocycles. The molecule has 1 fully saturated rings. The van der Waals surface area contributed by atoms with Crippen LogP contribution < -0.4 is 14.2 Å². The number of ether oxygens (including phenoxy) is 2. The number of anilines is 1. The molecule has 2 aliphatic heterocycles. The van der Waals surface area contributed by atoms with Crippen molar-refractivity contribution in [2.45, 2.75) is 23.8 Å². The van der Waals surface area contributed by atoms with Gasteiger partial charge in [-0.25, -0.2) is 8.42 Å². The Kier molecular flexibility index (Phi) is 5.52. The van der Waals surface area contributed by atoms with Crippen molar-refractivity contribution < 1.29 is 22.7 Å². The van der Waals surface area contributed by atoms with Crippen LogP contribution in [-0.2, 0) is 10.0 Å². The molecule has 0 spiro atoms. The summed E-state index contributed by atoms with van der Waals surface area (Å²) in [5.41, 5.74) is 0.920. The van der Waals surface area contributed by atoms with Gasteiger partial charge in [-0.3, -0.25) is 9.52 Å². The molecule has 0 radical (unpaired) electrons. The molecular formula is C23H22N2O5S2. The van der Waals surface area contributed by atoms with Crippen LogP contribution >= 0.6 is 11.3 Å². The molecule has 0 saturated carbocycles. The zero-order valence-electron chi connectivity index (χ0n) is 17.2. The van der Waals surface area contributed by atoms with E-state index in [-0.39, 0.29) is 16.8 Å². The summed E-state index contributed by atoms with van der Waals surface area (Å²) in [7, 11) is -3.81. The molecule has 166 valence electrons. The highest BCUT2D eigenvalue weighted by atomic mass is 32.2. The summed E-state index contributed by atoms with van der Waals surface area (Å²) in [6.07, 6.45) is 1.93. The third-order valence-electron chi connectivity index (χ3n) is 5.59. The Bertz CT molecular complexity index is 1220. The third kappa shape index (κ3) is 4.05. The van der Waals surface area contributed by atoms with Gasteiger partial charge in [-0.05, 0) is 60.7 Å². The Morgan fingerprint density at radius 3 is 2.56 bits per heavy atom. The molecular weight excluding hydrogens is 448 g/mol. The zero-order chi connectivity index (χ0) is 22.1. The van der Waals surface area contributed by atoms with Gasteiger partial charge in [0, 0.05) is 28.7 Å². The molecule has 7 nitrogen and oxygen atoms in total. The second-order valence-corrected chi connectivity index (χ2v) is 10.3. The molecule has 1 amide bonds.